The molecule has 0 amide bonds. The van der Waals surface area contributed by atoms with Crippen molar-refractivity contribution in [2.24, 2.45) is 0 Å². The van der Waals surface area contributed by atoms with Crippen LogP contribution < -0.4 is 10.2 Å². The van der Waals surface area contributed by atoms with Gasteiger partial charge in [-0.3, -0.25) is 0 Å². The molecule has 98 valence electrons. The Kier molecular flexibility index (Phi) is 4.08. The number of nitrogens with one attached hydrogen (secondary N) is 2. The van der Waals surface area contributed by atoms with E-state index in [2.05, 4.69) is 12.4 Å². The summed E-state index contributed by atoms with van der Waals surface area (Å²) in [5.41, 5.74) is 0.351. The van der Waals surface area contributed by atoms with Crippen LogP contribution in [0.1, 0.15) is 0 Å². The molecule has 0 bridgehead atoms. The third kappa shape index (κ3) is 3.36. The fourth-order valence-electron chi connectivity index (χ4n) is 1.92. The molecule has 0 unspecified atom stereocenters. The van der Waals surface area contributed by atoms with Crippen LogP contribution in [0.3, 0.4) is 0 Å². The van der Waals surface area contributed by atoms with E-state index in [1.54, 1.807) is 0 Å². The number of quaternary nitrogens is 1. The quantitative estimate of drug-likeness (QED) is 0.726. The molecular formula is C12H16F2N3S+. The monoisotopic (exact) mass is 272 g/mol. The van der Waals surface area contributed by atoms with Gasteiger partial charge in [0, 0.05) is 11.8 Å². The van der Waals surface area contributed by atoms with Crippen LogP contribution in [0.4, 0.5) is 14.5 Å². The summed E-state index contributed by atoms with van der Waals surface area (Å²) in [7, 11) is 2.13. The molecule has 1 saturated heterocycles. The molecule has 1 aromatic rings. The zero-order valence-corrected chi connectivity index (χ0v) is 11.0. The Balaban J connectivity index is 1.98. The highest BCUT2D eigenvalue weighted by Gasteiger charge is 2.18. The minimum absolute atomic E-state index is 0.351. The Morgan fingerprint density at radius 1 is 1.22 bits per heavy atom. The normalized spacial score (nSPS) is 16.7. The van der Waals surface area contributed by atoms with Crippen molar-refractivity contribution in [3.63, 3.8) is 0 Å². The molecule has 1 aliphatic heterocycles. The van der Waals surface area contributed by atoms with Gasteiger partial charge in [0.2, 0.25) is 0 Å². The Morgan fingerprint density at radius 3 is 2.33 bits per heavy atom. The number of hydrogen-bond donors (Lipinski definition) is 2. The van der Waals surface area contributed by atoms with Crippen molar-refractivity contribution in [2.45, 2.75) is 0 Å². The smallest absolute Gasteiger partial charge is 0.173 e. The van der Waals surface area contributed by atoms with Crippen LogP contribution in [0.5, 0.6) is 0 Å². The van der Waals surface area contributed by atoms with Crippen molar-refractivity contribution in [3.05, 3.63) is 29.8 Å². The highest BCUT2D eigenvalue weighted by molar-refractivity contribution is 7.80. The van der Waals surface area contributed by atoms with Gasteiger partial charge in [-0.2, -0.15) is 0 Å². The molecule has 0 atom stereocenters. The van der Waals surface area contributed by atoms with Gasteiger partial charge in [-0.1, -0.05) is 0 Å². The van der Waals surface area contributed by atoms with Gasteiger partial charge in [-0.25, -0.2) is 8.78 Å². The molecule has 0 spiro atoms. The van der Waals surface area contributed by atoms with E-state index in [4.69, 9.17) is 12.2 Å². The van der Waals surface area contributed by atoms with Crippen LogP contribution in [0.15, 0.2) is 18.2 Å². The summed E-state index contributed by atoms with van der Waals surface area (Å²) >= 11 is 5.24. The van der Waals surface area contributed by atoms with Crippen molar-refractivity contribution in [3.8, 4) is 0 Å². The Hall–Kier alpha value is -1.27. The van der Waals surface area contributed by atoms with Crippen LogP contribution in [0, 0.1) is 11.6 Å². The van der Waals surface area contributed by atoms with Crippen LogP contribution >= 0.6 is 12.2 Å². The number of hydrogen-bond acceptors (Lipinski definition) is 1. The largest absolute Gasteiger partial charge is 0.338 e. The zero-order chi connectivity index (χ0) is 13.1. The van der Waals surface area contributed by atoms with E-state index in [-0.39, 0.29) is 0 Å². The molecule has 1 aromatic carbocycles. The summed E-state index contributed by atoms with van der Waals surface area (Å²) in [5, 5.41) is 3.40. The van der Waals surface area contributed by atoms with Crippen LogP contribution in [0.2, 0.25) is 0 Å². The van der Waals surface area contributed by atoms with Gasteiger partial charge >= 0.3 is 0 Å². The lowest BCUT2D eigenvalue weighted by Gasteiger charge is -2.32. The Bertz CT molecular complexity index is 425. The summed E-state index contributed by atoms with van der Waals surface area (Å²) in [5.74, 6) is -1.22. The van der Waals surface area contributed by atoms with Crippen LogP contribution in [0.25, 0.3) is 0 Å². The third-order valence-corrected chi connectivity index (χ3v) is 3.38. The summed E-state index contributed by atoms with van der Waals surface area (Å²) in [4.78, 5) is 3.48. The summed E-state index contributed by atoms with van der Waals surface area (Å²) in [6.45, 7) is 3.74. The SMILES string of the molecule is C[NH+]1CCN(C(=S)Nc2cc(F)cc(F)c2)CC1. The van der Waals surface area contributed by atoms with Gasteiger partial charge < -0.3 is 15.1 Å². The summed E-state index contributed by atoms with van der Waals surface area (Å²) in [6, 6.07) is 3.31. The predicted octanol–water partition coefficient (Wildman–Crippen LogP) is 0.492. The van der Waals surface area contributed by atoms with Crippen molar-refractivity contribution in [1.29, 1.82) is 0 Å². The standard InChI is InChI=1S/C12H15F2N3S/c1-16-2-4-17(5-3-16)12(18)15-11-7-9(13)6-10(14)8-11/h6-8H,2-5H2,1H3,(H,15,18)/p+1. The van der Waals surface area contributed by atoms with Crippen molar-refractivity contribution < 1.29 is 13.7 Å². The maximum Gasteiger partial charge on any atom is 0.173 e. The van der Waals surface area contributed by atoms with Gasteiger partial charge in [0.05, 0.1) is 33.2 Å². The second kappa shape index (κ2) is 5.58. The van der Waals surface area contributed by atoms with E-state index < -0.39 is 11.6 Å². The molecule has 0 saturated carbocycles. The number of halogens is 2. The molecule has 1 aliphatic rings. The number of thiocarbonyl (C=S) groups is 1. The molecule has 2 rings (SSSR count). The lowest BCUT2D eigenvalue weighted by molar-refractivity contribution is -0.883. The second-order valence-corrected chi connectivity index (χ2v) is 4.92. The third-order valence-electron chi connectivity index (χ3n) is 3.02. The number of likely N-dealkylation sites (N-methyl/N-ethyl adjacent to an activating group) is 1. The molecule has 0 radical (unpaired) electrons. The molecule has 0 aliphatic carbocycles. The molecular weight excluding hydrogens is 256 g/mol. The highest BCUT2D eigenvalue weighted by atomic mass is 32.1. The van der Waals surface area contributed by atoms with E-state index in [9.17, 15) is 8.78 Å². The number of anilines is 1. The van der Waals surface area contributed by atoms with E-state index >= 15 is 0 Å². The first kappa shape index (κ1) is 13.2. The lowest BCUT2D eigenvalue weighted by Crippen LogP contribution is -3.12. The average Bonchev–Trinajstić information content (AvgIpc) is 2.28. The number of nitrogens with zero attached hydrogens (tertiary/aromatic N) is 1. The summed E-state index contributed by atoms with van der Waals surface area (Å²) < 4.78 is 26.1. The van der Waals surface area contributed by atoms with Gasteiger partial charge in [0.25, 0.3) is 0 Å². The lowest BCUT2D eigenvalue weighted by atomic mass is 10.3. The fraction of sp³-hybridized carbons (Fsp3) is 0.417. The molecule has 2 N–H and O–H groups in total. The second-order valence-electron chi connectivity index (χ2n) is 4.53. The Labute approximate surface area is 110 Å². The first-order valence-corrected chi connectivity index (χ1v) is 6.29. The maximum atomic E-state index is 13.0. The van der Waals surface area contributed by atoms with Gasteiger partial charge in [-0.15, -0.1) is 0 Å². The summed E-state index contributed by atoms with van der Waals surface area (Å²) in [6.07, 6.45) is 0. The molecule has 6 heteroatoms. The van der Waals surface area contributed by atoms with Gasteiger partial charge in [0.1, 0.15) is 11.6 Å². The van der Waals surface area contributed by atoms with Crippen molar-refractivity contribution in [2.75, 3.05) is 38.5 Å². The van der Waals surface area contributed by atoms with E-state index in [1.807, 2.05) is 4.90 Å². The number of rotatable bonds is 1. The van der Waals surface area contributed by atoms with E-state index in [1.165, 1.54) is 17.0 Å². The topological polar surface area (TPSA) is 19.7 Å². The van der Waals surface area contributed by atoms with E-state index in [0.717, 1.165) is 32.2 Å². The minimum Gasteiger partial charge on any atom is -0.338 e. The zero-order valence-electron chi connectivity index (χ0n) is 10.2. The molecule has 0 aromatic heterocycles. The van der Waals surface area contributed by atoms with Crippen molar-refractivity contribution >= 4 is 23.0 Å². The minimum atomic E-state index is -0.608. The van der Waals surface area contributed by atoms with Crippen LogP contribution in [-0.4, -0.2) is 43.2 Å². The molecule has 18 heavy (non-hydrogen) atoms. The van der Waals surface area contributed by atoms with Crippen molar-refractivity contribution in [1.82, 2.24) is 4.90 Å². The number of benzene rings is 1. The fourth-order valence-corrected chi connectivity index (χ4v) is 2.22. The Morgan fingerprint density at radius 2 is 1.78 bits per heavy atom. The highest BCUT2D eigenvalue weighted by Crippen LogP contribution is 2.13. The molecule has 3 nitrogen and oxygen atoms in total. The maximum absolute atomic E-state index is 13.0. The molecule has 1 fully saturated rings. The first-order chi connectivity index (χ1) is 8.54. The van der Waals surface area contributed by atoms with E-state index in [0.29, 0.717) is 10.8 Å². The predicted molar refractivity (Wildman–Crippen MR) is 70.8 cm³/mol. The molecule has 1 heterocycles. The first-order valence-electron chi connectivity index (χ1n) is 5.88. The van der Waals surface area contributed by atoms with Gasteiger partial charge in [-0.05, 0) is 24.4 Å². The van der Waals surface area contributed by atoms with Gasteiger partial charge in [0.15, 0.2) is 5.11 Å². The van der Waals surface area contributed by atoms with Crippen LogP contribution in [-0.2, 0) is 0 Å². The average molecular weight is 272 g/mol. The number of piperazine rings is 1.